The molecule has 1 aliphatic carbocycles. The van der Waals surface area contributed by atoms with Gasteiger partial charge in [-0.05, 0) is 62.3 Å². The second-order valence-corrected chi connectivity index (χ2v) is 7.77. The van der Waals surface area contributed by atoms with Gasteiger partial charge in [-0.25, -0.2) is 10.00 Å². The predicted molar refractivity (Wildman–Crippen MR) is 108 cm³/mol. The lowest BCUT2D eigenvalue weighted by molar-refractivity contribution is -0.129. The molecule has 148 valence electrons. The number of likely N-dealkylation sites (tertiary alicyclic amines) is 1. The molecule has 2 aliphatic rings. The van der Waals surface area contributed by atoms with E-state index < -0.39 is 0 Å². The molecule has 4 rings (SSSR count). The van der Waals surface area contributed by atoms with Crippen LogP contribution in [-0.4, -0.2) is 44.8 Å². The fraction of sp³-hybridized carbons (Fsp3) is 0.455. The van der Waals surface area contributed by atoms with Crippen LogP contribution in [0.15, 0.2) is 54.4 Å². The van der Waals surface area contributed by atoms with Gasteiger partial charge >= 0.3 is 0 Å². The van der Waals surface area contributed by atoms with Crippen LogP contribution in [-0.2, 0) is 11.2 Å². The van der Waals surface area contributed by atoms with Gasteiger partial charge in [0.2, 0.25) is 5.91 Å². The molecule has 0 radical (unpaired) electrons. The van der Waals surface area contributed by atoms with E-state index in [-0.39, 0.29) is 5.91 Å². The van der Waals surface area contributed by atoms with E-state index in [9.17, 15) is 4.79 Å². The van der Waals surface area contributed by atoms with Crippen molar-refractivity contribution in [1.82, 2.24) is 20.0 Å². The summed E-state index contributed by atoms with van der Waals surface area (Å²) in [5.41, 5.74) is 5.41. The van der Waals surface area contributed by atoms with Gasteiger partial charge in [0.1, 0.15) is 0 Å². The van der Waals surface area contributed by atoms with Gasteiger partial charge in [-0.1, -0.05) is 29.9 Å². The molecule has 1 saturated heterocycles. The second-order valence-electron chi connectivity index (χ2n) is 7.77. The fourth-order valence-corrected chi connectivity index (χ4v) is 4.52. The molecule has 0 spiro atoms. The van der Waals surface area contributed by atoms with E-state index in [1.54, 1.807) is 5.48 Å². The molecule has 6 heteroatoms. The Morgan fingerprint density at radius 3 is 3.07 bits per heavy atom. The van der Waals surface area contributed by atoms with Gasteiger partial charge in [0.15, 0.2) is 0 Å². The number of hydrogen-bond donors (Lipinski definition) is 2. The Bertz CT molecular complexity index is 886. The van der Waals surface area contributed by atoms with Crippen LogP contribution in [0.25, 0.3) is 5.52 Å². The molecule has 2 atom stereocenters. The van der Waals surface area contributed by atoms with Crippen LogP contribution in [0, 0.1) is 5.92 Å². The van der Waals surface area contributed by atoms with E-state index in [1.165, 1.54) is 36.0 Å². The van der Waals surface area contributed by atoms with Crippen molar-refractivity contribution >= 4 is 11.4 Å². The Kier molecular flexibility index (Phi) is 5.88. The van der Waals surface area contributed by atoms with E-state index in [2.05, 4.69) is 40.4 Å². The second kappa shape index (κ2) is 8.71. The molecule has 2 aromatic heterocycles. The summed E-state index contributed by atoms with van der Waals surface area (Å²) in [6.07, 6.45) is 16.3. The topological polar surface area (TPSA) is 69.9 Å². The Hall–Kier alpha value is -2.44. The summed E-state index contributed by atoms with van der Waals surface area (Å²) in [7, 11) is 0. The summed E-state index contributed by atoms with van der Waals surface area (Å²) >= 11 is 0. The predicted octanol–water partition coefficient (Wildman–Crippen LogP) is 3.13. The van der Waals surface area contributed by atoms with Crippen molar-refractivity contribution in [2.45, 2.75) is 44.6 Å². The Balaban J connectivity index is 1.32. The zero-order valence-electron chi connectivity index (χ0n) is 16.1. The number of amides is 1. The first-order valence-corrected chi connectivity index (χ1v) is 10.2. The normalized spacial score (nSPS) is 22.5. The van der Waals surface area contributed by atoms with E-state index >= 15 is 0 Å². The van der Waals surface area contributed by atoms with Gasteiger partial charge in [-0.2, -0.15) is 5.10 Å². The number of carbonyl (C=O) groups excluding carboxylic acids is 1. The number of hydroxylamine groups is 1. The van der Waals surface area contributed by atoms with Gasteiger partial charge in [0, 0.05) is 25.2 Å². The lowest BCUT2D eigenvalue weighted by Gasteiger charge is -2.31. The average Bonchev–Trinajstić information content (AvgIpc) is 3.37. The Labute approximate surface area is 165 Å². The lowest BCUT2D eigenvalue weighted by atomic mass is 9.87. The highest BCUT2D eigenvalue weighted by atomic mass is 16.5. The van der Waals surface area contributed by atoms with E-state index in [0.29, 0.717) is 24.8 Å². The molecule has 0 aromatic carbocycles. The van der Waals surface area contributed by atoms with Crippen molar-refractivity contribution in [2.24, 2.45) is 5.92 Å². The monoisotopic (exact) mass is 380 g/mol. The molecule has 2 aromatic rings. The lowest BCUT2D eigenvalue weighted by Crippen LogP contribution is -2.36. The van der Waals surface area contributed by atoms with Gasteiger partial charge in [-0.3, -0.25) is 14.9 Å². The minimum Gasteiger partial charge on any atom is -0.299 e. The summed E-state index contributed by atoms with van der Waals surface area (Å²) < 4.78 is 1.95. The number of nitrogens with one attached hydrogen (secondary N) is 1. The SMILES string of the molecule is O=C(CCC1=CCC([C@@H]2CCCN2CCc2cnn3ccccc23)C=C1)NO. The molecule has 28 heavy (non-hydrogen) atoms. The third kappa shape index (κ3) is 4.18. The summed E-state index contributed by atoms with van der Waals surface area (Å²) in [6, 6.07) is 6.81. The van der Waals surface area contributed by atoms with Crippen molar-refractivity contribution in [1.29, 1.82) is 0 Å². The van der Waals surface area contributed by atoms with Crippen molar-refractivity contribution < 1.29 is 10.0 Å². The number of carbonyl (C=O) groups is 1. The van der Waals surface area contributed by atoms with E-state index in [4.69, 9.17) is 5.21 Å². The van der Waals surface area contributed by atoms with Gasteiger partial charge in [-0.15, -0.1) is 0 Å². The number of allylic oxidation sites excluding steroid dienone is 3. The number of pyridine rings is 1. The van der Waals surface area contributed by atoms with Crippen LogP contribution in [0.1, 0.15) is 37.7 Å². The molecule has 2 N–H and O–H groups in total. The highest BCUT2D eigenvalue weighted by Crippen LogP contribution is 2.31. The molecule has 6 nitrogen and oxygen atoms in total. The number of hydrogen-bond acceptors (Lipinski definition) is 4. The van der Waals surface area contributed by atoms with Crippen LogP contribution < -0.4 is 5.48 Å². The zero-order valence-corrected chi connectivity index (χ0v) is 16.1. The van der Waals surface area contributed by atoms with Crippen LogP contribution in [0.2, 0.25) is 0 Å². The van der Waals surface area contributed by atoms with Gasteiger partial charge < -0.3 is 0 Å². The molecule has 1 aliphatic heterocycles. The minimum atomic E-state index is -0.328. The minimum absolute atomic E-state index is 0.326. The number of aromatic nitrogens is 2. The molecule has 1 unspecified atom stereocenters. The zero-order chi connectivity index (χ0) is 19.3. The molecule has 1 fully saturated rings. The standard InChI is InChI=1S/C22H28N4O2/c27-22(24-28)11-8-17-6-9-18(10-7-17)20-5-3-13-25(20)15-12-19-16-23-26-14-2-1-4-21(19)26/h1-2,4,6-7,9,14,16,18,20,28H,3,5,8,10-13,15H2,(H,24,27)/t18?,20-/m0/s1. The molecule has 0 bridgehead atoms. The third-order valence-corrected chi connectivity index (χ3v) is 6.06. The van der Waals surface area contributed by atoms with Crippen molar-refractivity contribution in [3.63, 3.8) is 0 Å². The summed E-state index contributed by atoms with van der Waals surface area (Å²) in [5.74, 6) is 0.216. The first kappa shape index (κ1) is 18.9. The summed E-state index contributed by atoms with van der Waals surface area (Å²) in [4.78, 5) is 13.8. The van der Waals surface area contributed by atoms with E-state index in [1.807, 2.05) is 23.0 Å². The van der Waals surface area contributed by atoms with Crippen molar-refractivity contribution in [2.75, 3.05) is 13.1 Å². The number of rotatable bonds is 7. The van der Waals surface area contributed by atoms with Gasteiger partial charge in [0.05, 0.1) is 11.7 Å². The van der Waals surface area contributed by atoms with E-state index in [0.717, 1.165) is 19.4 Å². The van der Waals surface area contributed by atoms with Crippen molar-refractivity contribution in [3.8, 4) is 0 Å². The largest absolute Gasteiger partial charge is 0.299 e. The third-order valence-electron chi connectivity index (χ3n) is 6.06. The highest BCUT2D eigenvalue weighted by molar-refractivity contribution is 5.74. The molecular formula is C22H28N4O2. The number of nitrogens with zero attached hydrogens (tertiary/aromatic N) is 3. The Morgan fingerprint density at radius 1 is 1.32 bits per heavy atom. The Morgan fingerprint density at radius 2 is 2.25 bits per heavy atom. The molecular weight excluding hydrogens is 352 g/mol. The van der Waals surface area contributed by atoms with Crippen LogP contribution in [0.3, 0.4) is 0 Å². The maximum atomic E-state index is 11.2. The first-order chi connectivity index (χ1) is 13.7. The fourth-order valence-electron chi connectivity index (χ4n) is 4.52. The molecule has 1 amide bonds. The van der Waals surface area contributed by atoms with Crippen LogP contribution in [0.4, 0.5) is 0 Å². The molecule has 0 saturated carbocycles. The maximum absolute atomic E-state index is 11.2. The first-order valence-electron chi connectivity index (χ1n) is 10.2. The average molecular weight is 380 g/mol. The summed E-state index contributed by atoms with van der Waals surface area (Å²) in [6.45, 7) is 2.24. The van der Waals surface area contributed by atoms with Gasteiger partial charge in [0.25, 0.3) is 0 Å². The van der Waals surface area contributed by atoms with Crippen LogP contribution in [0.5, 0.6) is 0 Å². The maximum Gasteiger partial charge on any atom is 0.243 e. The summed E-state index contributed by atoms with van der Waals surface area (Å²) in [5, 5.41) is 13.1. The van der Waals surface area contributed by atoms with Crippen LogP contribution >= 0.6 is 0 Å². The highest BCUT2D eigenvalue weighted by Gasteiger charge is 2.30. The quantitative estimate of drug-likeness (QED) is 0.572. The smallest absolute Gasteiger partial charge is 0.243 e. The molecule has 3 heterocycles. The number of fused-ring (bicyclic) bond motifs is 1. The van der Waals surface area contributed by atoms with Crippen molar-refractivity contribution in [3.05, 3.63) is 60.0 Å².